The molecule has 0 unspecified atom stereocenters. The van der Waals surface area contributed by atoms with Crippen molar-refractivity contribution >= 4 is 23.2 Å². The first-order chi connectivity index (χ1) is 13.4. The van der Waals surface area contributed by atoms with Crippen LogP contribution in [0.25, 0.3) is 0 Å². The molecule has 2 aromatic rings. The summed E-state index contributed by atoms with van der Waals surface area (Å²) < 4.78 is 11.3. The number of amides is 1. The zero-order valence-corrected chi connectivity index (χ0v) is 17.8. The number of carbonyl (C=O) groups excluding carboxylic acids is 1. The average molecular weight is 405 g/mol. The van der Waals surface area contributed by atoms with Crippen LogP contribution < -0.4 is 14.8 Å². The molecule has 0 heterocycles. The number of rotatable bonds is 10. The van der Waals surface area contributed by atoms with Gasteiger partial charge in [0.05, 0.1) is 18.2 Å². The number of nitrogens with one attached hydrogen (secondary N) is 1. The van der Waals surface area contributed by atoms with E-state index in [9.17, 15) is 4.79 Å². The number of carbonyl (C=O) groups is 1. The Morgan fingerprint density at radius 3 is 2.43 bits per heavy atom. The van der Waals surface area contributed by atoms with Crippen LogP contribution in [0.3, 0.4) is 0 Å². The predicted molar refractivity (Wildman–Crippen MR) is 115 cm³/mol. The van der Waals surface area contributed by atoms with E-state index in [0.29, 0.717) is 35.3 Å². The van der Waals surface area contributed by atoms with Crippen molar-refractivity contribution in [2.24, 2.45) is 0 Å². The molecule has 2 rings (SSSR count). The van der Waals surface area contributed by atoms with Crippen LogP contribution in [0.4, 0.5) is 5.69 Å². The maximum atomic E-state index is 12.7. The summed E-state index contributed by atoms with van der Waals surface area (Å²) in [6.45, 7) is 5.87. The van der Waals surface area contributed by atoms with E-state index in [0.717, 1.165) is 25.1 Å². The van der Waals surface area contributed by atoms with Crippen LogP contribution in [-0.2, 0) is 6.42 Å². The largest absolute Gasteiger partial charge is 0.490 e. The summed E-state index contributed by atoms with van der Waals surface area (Å²) in [5.41, 5.74) is 2.39. The number of ether oxygens (including phenoxy) is 2. The lowest BCUT2D eigenvalue weighted by atomic mass is 10.1. The molecule has 2 aromatic carbocycles. The second-order valence-corrected chi connectivity index (χ2v) is 7.18. The van der Waals surface area contributed by atoms with E-state index >= 15 is 0 Å². The zero-order chi connectivity index (χ0) is 20.5. The number of anilines is 1. The lowest BCUT2D eigenvalue weighted by Crippen LogP contribution is -2.15. The summed E-state index contributed by atoms with van der Waals surface area (Å²) in [6, 6.07) is 11.1. The molecule has 0 aliphatic carbocycles. The highest BCUT2D eigenvalue weighted by Crippen LogP contribution is 2.37. The van der Waals surface area contributed by atoms with Crippen LogP contribution in [0, 0.1) is 0 Å². The Labute approximate surface area is 172 Å². The summed E-state index contributed by atoms with van der Waals surface area (Å²) in [6.07, 6.45) is 1.82. The summed E-state index contributed by atoms with van der Waals surface area (Å²) in [4.78, 5) is 14.8. The van der Waals surface area contributed by atoms with Crippen molar-refractivity contribution in [1.29, 1.82) is 0 Å². The van der Waals surface area contributed by atoms with E-state index < -0.39 is 0 Å². The smallest absolute Gasteiger partial charge is 0.255 e. The summed E-state index contributed by atoms with van der Waals surface area (Å²) in [7, 11) is 4.10. The first-order valence-electron chi connectivity index (χ1n) is 9.58. The first kappa shape index (κ1) is 22.1. The SMILES string of the molecule is CCCOc1c(Cl)cc(C(=O)Nc2ccc(CCN(C)C)cc2)cc1OCC. The molecule has 0 saturated carbocycles. The Hall–Kier alpha value is -2.24. The van der Waals surface area contributed by atoms with Crippen molar-refractivity contribution in [3.63, 3.8) is 0 Å². The molecular formula is C22H29ClN2O3. The van der Waals surface area contributed by atoms with Gasteiger partial charge in [0.25, 0.3) is 5.91 Å². The van der Waals surface area contributed by atoms with Gasteiger partial charge in [0, 0.05) is 17.8 Å². The molecule has 1 amide bonds. The monoisotopic (exact) mass is 404 g/mol. The molecule has 0 radical (unpaired) electrons. The molecule has 0 bridgehead atoms. The van der Waals surface area contributed by atoms with Gasteiger partial charge in [-0.2, -0.15) is 0 Å². The minimum Gasteiger partial charge on any atom is -0.490 e. The van der Waals surface area contributed by atoms with Crippen molar-refractivity contribution in [3.05, 3.63) is 52.5 Å². The molecule has 0 aliphatic heterocycles. The number of halogens is 1. The van der Waals surface area contributed by atoms with Gasteiger partial charge in [0.1, 0.15) is 0 Å². The molecule has 0 fully saturated rings. The van der Waals surface area contributed by atoms with Crippen LogP contribution in [0.2, 0.25) is 5.02 Å². The summed E-state index contributed by atoms with van der Waals surface area (Å²) in [5, 5.41) is 3.27. The van der Waals surface area contributed by atoms with Gasteiger partial charge in [0.15, 0.2) is 11.5 Å². The second kappa shape index (κ2) is 10.9. The second-order valence-electron chi connectivity index (χ2n) is 6.77. The standard InChI is InChI=1S/C22H29ClN2O3/c1-5-13-28-21-19(23)14-17(15-20(21)27-6-2)22(26)24-18-9-7-16(8-10-18)11-12-25(3)4/h7-10,14-15H,5-6,11-13H2,1-4H3,(H,24,26). The number of benzene rings is 2. The summed E-state index contributed by atoms with van der Waals surface area (Å²) >= 11 is 6.35. The van der Waals surface area contributed by atoms with Gasteiger partial charge >= 0.3 is 0 Å². The Morgan fingerprint density at radius 2 is 1.82 bits per heavy atom. The molecule has 5 nitrogen and oxygen atoms in total. The predicted octanol–water partition coefficient (Wildman–Crippen LogP) is 4.88. The molecule has 6 heteroatoms. The van der Waals surface area contributed by atoms with Crippen molar-refractivity contribution in [3.8, 4) is 11.5 Å². The molecule has 1 N–H and O–H groups in total. The fraction of sp³-hybridized carbons (Fsp3) is 0.409. The molecular weight excluding hydrogens is 376 g/mol. The number of nitrogens with zero attached hydrogens (tertiary/aromatic N) is 1. The van der Waals surface area contributed by atoms with Crippen LogP contribution in [0.15, 0.2) is 36.4 Å². The molecule has 28 heavy (non-hydrogen) atoms. The quantitative estimate of drug-likeness (QED) is 0.612. The Morgan fingerprint density at radius 1 is 1.11 bits per heavy atom. The van der Waals surface area contributed by atoms with Gasteiger partial charge in [-0.3, -0.25) is 4.79 Å². The third-order valence-corrected chi connectivity index (χ3v) is 4.36. The van der Waals surface area contributed by atoms with Crippen LogP contribution in [0.5, 0.6) is 11.5 Å². The first-order valence-corrected chi connectivity index (χ1v) is 9.96. The number of likely N-dealkylation sites (N-methyl/N-ethyl adjacent to an activating group) is 1. The van der Waals surface area contributed by atoms with Crippen LogP contribution in [0.1, 0.15) is 36.2 Å². The van der Waals surface area contributed by atoms with Crippen molar-refractivity contribution in [1.82, 2.24) is 4.90 Å². The Bertz CT molecular complexity index is 776. The van der Waals surface area contributed by atoms with Gasteiger partial charge in [-0.1, -0.05) is 30.7 Å². The number of hydrogen-bond acceptors (Lipinski definition) is 4. The van der Waals surface area contributed by atoms with Crippen molar-refractivity contribution in [2.75, 3.05) is 39.2 Å². The molecule has 0 aromatic heterocycles. The minimum atomic E-state index is -0.245. The lowest BCUT2D eigenvalue weighted by molar-refractivity contribution is 0.102. The van der Waals surface area contributed by atoms with E-state index in [4.69, 9.17) is 21.1 Å². The highest BCUT2D eigenvalue weighted by atomic mass is 35.5. The third-order valence-electron chi connectivity index (χ3n) is 4.08. The van der Waals surface area contributed by atoms with Gasteiger partial charge in [-0.05, 0) is 63.7 Å². The molecule has 0 spiro atoms. The van der Waals surface area contributed by atoms with Crippen molar-refractivity contribution in [2.45, 2.75) is 26.7 Å². The highest BCUT2D eigenvalue weighted by molar-refractivity contribution is 6.32. The van der Waals surface area contributed by atoms with E-state index in [-0.39, 0.29) is 5.91 Å². The Balaban J connectivity index is 2.12. The lowest BCUT2D eigenvalue weighted by Gasteiger charge is -2.15. The molecule has 0 aliphatic rings. The normalized spacial score (nSPS) is 10.8. The van der Waals surface area contributed by atoms with Gasteiger partial charge in [0.2, 0.25) is 0 Å². The summed E-state index contributed by atoms with van der Waals surface area (Å²) in [5.74, 6) is 0.714. The minimum absolute atomic E-state index is 0.245. The maximum absolute atomic E-state index is 12.7. The third kappa shape index (κ3) is 6.43. The van der Waals surface area contributed by atoms with Gasteiger partial charge in [-0.25, -0.2) is 0 Å². The van der Waals surface area contributed by atoms with E-state index in [1.807, 2.05) is 38.1 Å². The topological polar surface area (TPSA) is 50.8 Å². The van der Waals surface area contributed by atoms with E-state index in [1.54, 1.807) is 12.1 Å². The Kier molecular flexibility index (Phi) is 8.61. The average Bonchev–Trinajstić information content (AvgIpc) is 2.66. The van der Waals surface area contributed by atoms with E-state index in [2.05, 4.69) is 24.3 Å². The zero-order valence-electron chi connectivity index (χ0n) is 17.0. The fourth-order valence-corrected chi connectivity index (χ4v) is 2.88. The molecule has 152 valence electrons. The van der Waals surface area contributed by atoms with Crippen molar-refractivity contribution < 1.29 is 14.3 Å². The molecule has 0 saturated heterocycles. The number of hydrogen-bond donors (Lipinski definition) is 1. The maximum Gasteiger partial charge on any atom is 0.255 e. The highest BCUT2D eigenvalue weighted by Gasteiger charge is 2.16. The van der Waals surface area contributed by atoms with Gasteiger partial charge in [-0.15, -0.1) is 0 Å². The molecule has 0 atom stereocenters. The van der Waals surface area contributed by atoms with Crippen LogP contribution in [-0.4, -0.2) is 44.7 Å². The van der Waals surface area contributed by atoms with Gasteiger partial charge < -0.3 is 19.7 Å². The fourth-order valence-electron chi connectivity index (χ4n) is 2.62. The van der Waals surface area contributed by atoms with Crippen LogP contribution >= 0.6 is 11.6 Å². The van der Waals surface area contributed by atoms with E-state index in [1.165, 1.54) is 5.56 Å².